The van der Waals surface area contributed by atoms with Gasteiger partial charge in [0, 0.05) is 6.20 Å². The lowest BCUT2D eigenvalue weighted by Crippen LogP contribution is -1.95. The average Bonchev–Trinajstić information content (AvgIpc) is 2.32. The molecule has 1 aromatic carbocycles. The SMILES string of the molecule is Cc1ccc(C)c(Oc2ncc(Cl)cc2Br)c1C. The number of halogens is 2. The predicted octanol–water partition coefficient (Wildman–Crippen LogP) is 5.22. The normalized spacial score (nSPS) is 10.5. The van der Waals surface area contributed by atoms with Gasteiger partial charge in [0.1, 0.15) is 5.75 Å². The molecule has 0 aliphatic heterocycles. The largest absolute Gasteiger partial charge is 0.437 e. The van der Waals surface area contributed by atoms with Crippen molar-refractivity contribution in [1.82, 2.24) is 4.98 Å². The summed E-state index contributed by atoms with van der Waals surface area (Å²) < 4.78 is 6.64. The van der Waals surface area contributed by atoms with E-state index in [1.807, 2.05) is 19.9 Å². The van der Waals surface area contributed by atoms with Gasteiger partial charge in [-0.25, -0.2) is 4.98 Å². The first-order valence-corrected chi connectivity index (χ1v) is 6.72. The van der Waals surface area contributed by atoms with Crippen molar-refractivity contribution < 1.29 is 4.74 Å². The summed E-state index contributed by atoms with van der Waals surface area (Å²) in [6.07, 6.45) is 1.57. The van der Waals surface area contributed by atoms with E-state index in [9.17, 15) is 0 Å². The second kappa shape index (κ2) is 5.29. The summed E-state index contributed by atoms with van der Waals surface area (Å²) in [6.45, 7) is 6.12. The summed E-state index contributed by atoms with van der Waals surface area (Å²) >= 11 is 9.26. The van der Waals surface area contributed by atoms with Gasteiger partial charge >= 0.3 is 0 Å². The number of hydrogen-bond donors (Lipinski definition) is 0. The van der Waals surface area contributed by atoms with Crippen LogP contribution < -0.4 is 4.74 Å². The summed E-state index contributed by atoms with van der Waals surface area (Å²) in [5.41, 5.74) is 3.40. The molecular weight excluding hydrogens is 314 g/mol. The number of pyridine rings is 1. The van der Waals surface area contributed by atoms with E-state index in [2.05, 4.69) is 33.9 Å². The van der Waals surface area contributed by atoms with Gasteiger partial charge in [-0.1, -0.05) is 23.7 Å². The molecule has 0 amide bonds. The van der Waals surface area contributed by atoms with Crippen molar-refractivity contribution >= 4 is 27.5 Å². The van der Waals surface area contributed by atoms with E-state index in [-0.39, 0.29) is 0 Å². The van der Waals surface area contributed by atoms with E-state index in [1.54, 1.807) is 12.3 Å². The molecular formula is C14H13BrClNO. The molecule has 0 bridgehead atoms. The highest BCUT2D eigenvalue weighted by Gasteiger charge is 2.11. The third-order valence-corrected chi connectivity index (χ3v) is 3.62. The highest BCUT2D eigenvalue weighted by Crippen LogP contribution is 2.34. The Bertz CT molecular complexity index is 599. The minimum atomic E-state index is 0.524. The van der Waals surface area contributed by atoms with Gasteiger partial charge in [-0.05, 0) is 59.5 Å². The van der Waals surface area contributed by atoms with Crippen molar-refractivity contribution in [1.29, 1.82) is 0 Å². The third kappa shape index (κ3) is 2.68. The molecule has 2 rings (SSSR count). The van der Waals surface area contributed by atoms with Gasteiger partial charge in [0.05, 0.1) is 9.50 Å². The van der Waals surface area contributed by atoms with Crippen LogP contribution in [-0.4, -0.2) is 4.98 Å². The van der Waals surface area contributed by atoms with Crippen LogP contribution in [0.3, 0.4) is 0 Å². The van der Waals surface area contributed by atoms with Crippen molar-refractivity contribution in [3.05, 3.63) is 50.6 Å². The molecule has 0 radical (unpaired) electrons. The molecule has 94 valence electrons. The van der Waals surface area contributed by atoms with Crippen LogP contribution in [-0.2, 0) is 0 Å². The second-order valence-electron chi connectivity index (χ2n) is 4.20. The zero-order valence-electron chi connectivity index (χ0n) is 10.4. The summed E-state index contributed by atoms with van der Waals surface area (Å²) in [6, 6.07) is 5.90. The van der Waals surface area contributed by atoms with E-state index in [4.69, 9.17) is 16.3 Å². The number of hydrogen-bond acceptors (Lipinski definition) is 2. The first-order valence-electron chi connectivity index (χ1n) is 5.54. The molecule has 2 aromatic rings. The molecule has 0 saturated carbocycles. The number of nitrogens with zero attached hydrogens (tertiary/aromatic N) is 1. The van der Waals surface area contributed by atoms with Gasteiger partial charge < -0.3 is 4.74 Å². The maximum absolute atomic E-state index is 5.89. The lowest BCUT2D eigenvalue weighted by molar-refractivity contribution is 0.452. The van der Waals surface area contributed by atoms with Crippen molar-refractivity contribution in [3.8, 4) is 11.6 Å². The molecule has 0 saturated heterocycles. The molecule has 2 nitrogen and oxygen atoms in total. The molecule has 0 unspecified atom stereocenters. The molecule has 0 aliphatic carbocycles. The monoisotopic (exact) mass is 325 g/mol. The molecule has 0 N–H and O–H groups in total. The molecule has 0 spiro atoms. The highest BCUT2D eigenvalue weighted by atomic mass is 79.9. The Hall–Kier alpha value is -1.06. The lowest BCUT2D eigenvalue weighted by atomic mass is 10.1. The van der Waals surface area contributed by atoms with Crippen LogP contribution in [0.15, 0.2) is 28.9 Å². The van der Waals surface area contributed by atoms with Gasteiger partial charge in [0.25, 0.3) is 0 Å². The average molecular weight is 327 g/mol. The molecule has 4 heteroatoms. The van der Waals surface area contributed by atoms with E-state index in [0.717, 1.165) is 21.3 Å². The van der Waals surface area contributed by atoms with E-state index >= 15 is 0 Å². The number of aromatic nitrogens is 1. The molecule has 18 heavy (non-hydrogen) atoms. The lowest BCUT2D eigenvalue weighted by Gasteiger charge is -2.13. The molecule has 0 fully saturated rings. The summed E-state index contributed by atoms with van der Waals surface area (Å²) in [5, 5.41) is 0.576. The highest BCUT2D eigenvalue weighted by molar-refractivity contribution is 9.10. The van der Waals surface area contributed by atoms with Crippen LogP contribution in [0.2, 0.25) is 5.02 Å². The number of benzene rings is 1. The smallest absolute Gasteiger partial charge is 0.233 e. The summed E-state index contributed by atoms with van der Waals surface area (Å²) in [4.78, 5) is 4.18. The van der Waals surface area contributed by atoms with Crippen molar-refractivity contribution in [2.75, 3.05) is 0 Å². The zero-order valence-corrected chi connectivity index (χ0v) is 12.8. The zero-order chi connectivity index (χ0) is 13.3. The van der Waals surface area contributed by atoms with Gasteiger partial charge in [0.2, 0.25) is 5.88 Å². The topological polar surface area (TPSA) is 22.1 Å². The molecule has 1 aromatic heterocycles. The Morgan fingerprint density at radius 3 is 2.50 bits per heavy atom. The Kier molecular flexibility index (Phi) is 3.93. The molecule has 0 aliphatic rings. The van der Waals surface area contributed by atoms with Crippen molar-refractivity contribution in [2.24, 2.45) is 0 Å². The summed E-state index contributed by atoms with van der Waals surface area (Å²) in [5.74, 6) is 1.38. The van der Waals surface area contributed by atoms with Gasteiger partial charge in [-0.2, -0.15) is 0 Å². The Balaban J connectivity index is 2.43. The minimum absolute atomic E-state index is 0.524. The number of ether oxygens (including phenoxy) is 1. The Morgan fingerprint density at radius 2 is 1.83 bits per heavy atom. The quantitative estimate of drug-likeness (QED) is 0.755. The first-order chi connectivity index (χ1) is 8.49. The standard InChI is InChI=1S/C14H13BrClNO/c1-8-4-5-9(2)13(10(8)3)18-14-12(15)6-11(16)7-17-14/h4-7H,1-3H3. The third-order valence-electron chi connectivity index (χ3n) is 2.85. The summed E-state index contributed by atoms with van der Waals surface area (Å²) in [7, 11) is 0. The van der Waals surface area contributed by atoms with Crippen LogP contribution in [0, 0.1) is 20.8 Å². The van der Waals surface area contributed by atoms with Crippen molar-refractivity contribution in [2.45, 2.75) is 20.8 Å². The second-order valence-corrected chi connectivity index (χ2v) is 5.49. The van der Waals surface area contributed by atoms with Crippen LogP contribution in [0.1, 0.15) is 16.7 Å². The van der Waals surface area contributed by atoms with Gasteiger partial charge in [0.15, 0.2) is 0 Å². The predicted molar refractivity (Wildman–Crippen MR) is 77.7 cm³/mol. The Labute approximate surface area is 120 Å². The van der Waals surface area contributed by atoms with E-state index in [0.29, 0.717) is 10.9 Å². The maximum atomic E-state index is 5.89. The maximum Gasteiger partial charge on any atom is 0.233 e. The van der Waals surface area contributed by atoms with Crippen LogP contribution in [0.4, 0.5) is 0 Å². The fourth-order valence-electron chi connectivity index (χ4n) is 1.66. The molecule has 1 heterocycles. The van der Waals surface area contributed by atoms with Crippen LogP contribution >= 0.6 is 27.5 Å². The van der Waals surface area contributed by atoms with Crippen LogP contribution in [0.25, 0.3) is 0 Å². The van der Waals surface area contributed by atoms with Gasteiger partial charge in [-0.3, -0.25) is 0 Å². The van der Waals surface area contributed by atoms with Crippen LogP contribution in [0.5, 0.6) is 11.6 Å². The van der Waals surface area contributed by atoms with Crippen molar-refractivity contribution in [3.63, 3.8) is 0 Å². The van der Waals surface area contributed by atoms with E-state index in [1.165, 1.54) is 5.56 Å². The fraction of sp³-hybridized carbons (Fsp3) is 0.214. The number of aryl methyl sites for hydroxylation is 2. The van der Waals surface area contributed by atoms with Gasteiger partial charge in [-0.15, -0.1) is 0 Å². The first kappa shape index (κ1) is 13.4. The fourth-order valence-corrected chi connectivity index (χ4v) is 2.38. The Morgan fingerprint density at radius 1 is 1.17 bits per heavy atom. The minimum Gasteiger partial charge on any atom is -0.437 e. The number of rotatable bonds is 2. The van der Waals surface area contributed by atoms with E-state index < -0.39 is 0 Å². The molecule has 0 atom stereocenters.